The standard InChI is InChI=1S/C10H17NO2/c12-9-5-8(6-9)11-10(13)7-3-1-2-4-7/h7-9,12H,1-6H2,(H,11,13). The van der Waals surface area contributed by atoms with E-state index in [1.807, 2.05) is 0 Å². The van der Waals surface area contributed by atoms with Crippen LogP contribution in [0.3, 0.4) is 0 Å². The zero-order chi connectivity index (χ0) is 9.26. The summed E-state index contributed by atoms with van der Waals surface area (Å²) in [7, 11) is 0. The fourth-order valence-corrected chi connectivity index (χ4v) is 2.21. The van der Waals surface area contributed by atoms with Gasteiger partial charge in [-0.2, -0.15) is 0 Å². The van der Waals surface area contributed by atoms with Crippen molar-refractivity contribution in [2.24, 2.45) is 5.92 Å². The summed E-state index contributed by atoms with van der Waals surface area (Å²) in [6.45, 7) is 0. The van der Waals surface area contributed by atoms with Crippen LogP contribution in [0.15, 0.2) is 0 Å². The fraction of sp³-hybridized carbons (Fsp3) is 0.900. The summed E-state index contributed by atoms with van der Waals surface area (Å²) in [5.74, 6) is 0.479. The molecule has 2 fully saturated rings. The minimum atomic E-state index is -0.172. The van der Waals surface area contributed by atoms with E-state index in [1.165, 1.54) is 12.8 Å². The van der Waals surface area contributed by atoms with Crippen LogP contribution in [0.25, 0.3) is 0 Å². The van der Waals surface area contributed by atoms with Crippen LogP contribution in [-0.4, -0.2) is 23.2 Å². The topological polar surface area (TPSA) is 49.3 Å². The van der Waals surface area contributed by atoms with E-state index in [9.17, 15) is 4.79 Å². The van der Waals surface area contributed by atoms with Gasteiger partial charge in [-0.15, -0.1) is 0 Å². The maximum Gasteiger partial charge on any atom is 0.223 e. The lowest BCUT2D eigenvalue weighted by atomic mass is 9.89. The van der Waals surface area contributed by atoms with E-state index in [0.717, 1.165) is 25.7 Å². The molecule has 2 saturated carbocycles. The highest BCUT2D eigenvalue weighted by Crippen LogP contribution is 2.26. The molecule has 0 aromatic rings. The molecule has 3 nitrogen and oxygen atoms in total. The molecule has 0 spiro atoms. The van der Waals surface area contributed by atoms with Crippen LogP contribution in [0.2, 0.25) is 0 Å². The molecule has 2 aliphatic rings. The smallest absolute Gasteiger partial charge is 0.223 e. The van der Waals surface area contributed by atoms with E-state index in [0.29, 0.717) is 0 Å². The maximum absolute atomic E-state index is 11.6. The van der Waals surface area contributed by atoms with Gasteiger partial charge in [0.25, 0.3) is 0 Å². The molecule has 13 heavy (non-hydrogen) atoms. The van der Waals surface area contributed by atoms with Crippen LogP contribution in [0, 0.1) is 5.92 Å². The van der Waals surface area contributed by atoms with Crippen LogP contribution in [-0.2, 0) is 4.79 Å². The molecule has 0 radical (unpaired) electrons. The summed E-state index contributed by atoms with van der Waals surface area (Å²) in [5, 5.41) is 12.0. The highest BCUT2D eigenvalue weighted by atomic mass is 16.3. The highest BCUT2D eigenvalue weighted by molar-refractivity contribution is 5.79. The van der Waals surface area contributed by atoms with Gasteiger partial charge in [0.15, 0.2) is 0 Å². The van der Waals surface area contributed by atoms with Crippen molar-refractivity contribution in [3.05, 3.63) is 0 Å². The fourth-order valence-electron chi connectivity index (χ4n) is 2.21. The quantitative estimate of drug-likeness (QED) is 0.665. The molecule has 74 valence electrons. The maximum atomic E-state index is 11.6. The second-order valence-electron chi connectivity index (χ2n) is 4.31. The van der Waals surface area contributed by atoms with E-state index in [4.69, 9.17) is 5.11 Å². The number of hydrogen-bond acceptors (Lipinski definition) is 2. The molecule has 2 aliphatic carbocycles. The summed E-state index contributed by atoms with van der Waals surface area (Å²) >= 11 is 0. The number of carbonyl (C=O) groups is 1. The van der Waals surface area contributed by atoms with Gasteiger partial charge in [-0.1, -0.05) is 12.8 Å². The summed E-state index contributed by atoms with van der Waals surface area (Å²) in [4.78, 5) is 11.6. The number of amides is 1. The first kappa shape index (κ1) is 9.00. The van der Waals surface area contributed by atoms with Crippen molar-refractivity contribution in [1.82, 2.24) is 5.32 Å². The van der Waals surface area contributed by atoms with Crippen LogP contribution in [0.1, 0.15) is 38.5 Å². The van der Waals surface area contributed by atoms with Crippen molar-refractivity contribution < 1.29 is 9.90 Å². The van der Waals surface area contributed by atoms with E-state index in [1.54, 1.807) is 0 Å². The molecule has 0 heterocycles. The third-order valence-electron chi connectivity index (χ3n) is 3.19. The van der Waals surface area contributed by atoms with Crippen molar-refractivity contribution in [3.63, 3.8) is 0 Å². The predicted octanol–water partition coefficient (Wildman–Crippen LogP) is 0.816. The third-order valence-corrected chi connectivity index (χ3v) is 3.19. The lowest BCUT2D eigenvalue weighted by Crippen LogP contribution is -2.48. The largest absolute Gasteiger partial charge is 0.393 e. The Morgan fingerprint density at radius 2 is 1.85 bits per heavy atom. The van der Waals surface area contributed by atoms with Gasteiger partial charge in [0.1, 0.15) is 0 Å². The number of rotatable bonds is 2. The van der Waals surface area contributed by atoms with Crippen molar-refractivity contribution in [2.45, 2.75) is 50.7 Å². The zero-order valence-electron chi connectivity index (χ0n) is 7.83. The van der Waals surface area contributed by atoms with E-state index in [2.05, 4.69) is 5.32 Å². The van der Waals surface area contributed by atoms with Crippen LogP contribution in [0.4, 0.5) is 0 Å². The van der Waals surface area contributed by atoms with E-state index >= 15 is 0 Å². The first-order valence-corrected chi connectivity index (χ1v) is 5.24. The van der Waals surface area contributed by atoms with E-state index < -0.39 is 0 Å². The molecule has 0 bridgehead atoms. The minimum Gasteiger partial charge on any atom is -0.393 e. The number of aliphatic hydroxyl groups excluding tert-OH is 1. The number of hydrogen-bond donors (Lipinski definition) is 2. The minimum absolute atomic E-state index is 0.172. The third kappa shape index (κ3) is 2.02. The molecule has 0 unspecified atom stereocenters. The van der Waals surface area contributed by atoms with Crippen LogP contribution in [0.5, 0.6) is 0 Å². The Morgan fingerprint density at radius 1 is 1.23 bits per heavy atom. The Labute approximate surface area is 78.5 Å². The van der Waals surface area contributed by atoms with Gasteiger partial charge < -0.3 is 10.4 Å². The molecule has 1 amide bonds. The van der Waals surface area contributed by atoms with Crippen molar-refractivity contribution >= 4 is 5.91 Å². The van der Waals surface area contributed by atoms with E-state index in [-0.39, 0.29) is 24.0 Å². The average molecular weight is 183 g/mol. The Hall–Kier alpha value is -0.570. The molecule has 0 aromatic heterocycles. The SMILES string of the molecule is O=C(NC1CC(O)C1)C1CCCC1. The molecular formula is C10H17NO2. The van der Waals surface area contributed by atoms with Gasteiger partial charge in [-0.3, -0.25) is 4.79 Å². The number of aliphatic hydroxyl groups is 1. The van der Waals surface area contributed by atoms with Gasteiger partial charge in [0.05, 0.1) is 6.10 Å². The Kier molecular flexibility index (Phi) is 2.54. The van der Waals surface area contributed by atoms with Gasteiger partial charge in [-0.05, 0) is 25.7 Å². The van der Waals surface area contributed by atoms with Gasteiger partial charge in [0.2, 0.25) is 5.91 Å². The lowest BCUT2D eigenvalue weighted by Gasteiger charge is -2.32. The Balaban J connectivity index is 1.72. The molecule has 0 aromatic carbocycles. The van der Waals surface area contributed by atoms with Gasteiger partial charge >= 0.3 is 0 Å². The summed E-state index contributed by atoms with van der Waals surface area (Å²) in [5.41, 5.74) is 0. The molecular weight excluding hydrogens is 166 g/mol. The van der Waals surface area contributed by atoms with Crippen molar-refractivity contribution in [1.29, 1.82) is 0 Å². The molecule has 0 atom stereocenters. The summed E-state index contributed by atoms with van der Waals surface area (Å²) in [6, 6.07) is 0.253. The predicted molar refractivity (Wildman–Crippen MR) is 49.1 cm³/mol. The first-order chi connectivity index (χ1) is 6.25. The Morgan fingerprint density at radius 3 is 2.38 bits per heavy atom. The molecule has 0 saturated heterocycles. The number of carbonyl (C=O) groups excluding carboxylic acids is 1. The van der Waals surface area contributed by atoms with Gasteiger partial charge in [0, 0.05) is 12.0 Å². The molecule has 2 N–H and O–H groups in total. The van der Waals surface area contributed by atoms with Crippen LogP contribution < -0.4 is 5.32 Å². The Bertz CT molecular complexity index is 193. The average Bonchev–Trinajstić information content (AvgIpc) is 2.53. The van der Waals surface area contributed by atoms with Crippen LogP contribution >= 0.6 is 0 Å². The second-order valence-corrected chi connectivity index (χ2v) is 4.31. The molecule has 0 aliphatic heterocycles. The highest BCUT2D eigenvalue weighted by Gasteiger charge is 2.31. The van der Waals surface area contributed by atoms with Gasteiger partial charge in [-0.25, -0.2) is 0 Å². The normalized spacial score (nSPS) is 34.2. The molecule has 2 rings (SSSR count). The van der Waals surface area contributed by atoms with Crippen molar-refractivity contribution in [2.75, 3.05) is 0 Å². The number of nitrogens with one attached hydrogen (secondary N) is 1. The lowest BCUT2D eigenvalue weighted by molar-refractivity contribution is -0.126. The molecule has 3 heteroatoms. The monoisotopic (exact) mass is 183 g/mol. The summed E-state index contributed by atoms with van der Waals surface area (Å²) < 4.78 is 0. The first-order valence-electron chi connectivity index (χ1n) is 5.24. The second kappa shape index (κ2) is 3.66. The zero-order valence-corrected chi connectivity index (χ0v) is 7.83. The van der Waals surface area contributed by atoms with Crippen molar-refractivity contribution in [3.8, 4) is 0 Å². The summed E-state index contributed by atoms with van der Waals surface area (Å²) in [6.07, 6.45) is 5.84.